The molecule has 0 unspecified atom stereocenters. The summed E-state index contributed by atoms with van der Waals surface area (Å²) in [6.07, 6.45) is 2.88. The van der Waals surface area contributed by atoms with Crippen LogP contribution in [0.2, 0.25) is 0 Å². The number of thiophene rings is 1. The molecule has 0 bridgehead atoms. The van der Waals surface area contributed by atoms with Crippen LogP contribution < -0.4 is 4.74 Å². The molecule has 5 heteroatoms. The fourth-order valence-corrected chi connectivity index (χ4v) is 4.48. The van der Waals surface area contributed by atoms with Crippen LogP contribution in [0.1, 0.15) is 43.0 Å². The van der Waals surface area contributed by atoms with Crippen molar-refractivity contribution in [1.29, 1.82) is 5.41 Å². The van der Waals surface area contributed by atoms with Gasteiger partial charge in [0, 0.05) is 34.2 Å². The SMILES string of the molecule is CC[C@@H](COc1ccc(-c2ccc(Cc3ccccc3)s2)cc1)C(=N)CCCC(=O)O. The smallest absolute Gasteiger partial charge is 0.303 e. The molecule has 0 spiro atoms. The number of benzene rings is 2. The lowest BCUT2D eigenvalue weighted by molar-refractivity contribution is -0.137. The lowest BCUT2D eigenvalue weighted by Gasteiger charge is -2.17. The average Bonchev–Trinajstić information content (AvgIpc) is 3.23. The Bertz CT molecular complexity index is 979. The number of hydrogen-bond donors (Lipinski definition) is 2. The van der Waals surface area contributed by atoms with Gasteiger partial charge in [0.05, 0.1) is 6.61 Å². The third-order valence-electron chi connectivity index (χ3n) is 5.30. The van der Waals surface area contributed by atoms with Gasteiger partial charge in [-0.15, -0.1) is 11.3 Å². The second-order valence-electron chi connectivity index (χ2n) is 7.64. The highest BCUT2D eigenvalue weighted by Crippen LogP contribution is 2.30. The molecular weight excluding hydrogens is 406 g/mol. The van der Waals surface area contributed by atoms with Crippen molar-refractivity contribution in [1.82, 2.24) is 0 Å². The summed E-state index contributed by atoms with van der Waals surface area (Å²) in [6, 6.07) is 23.0. The van der Waals surface area contributed by atoms with Crippen molar-refractivity contribution in [2.75, 3.05) is 6.61 Å². The first-order valence-corrected chi connectivity index (χ1v) is 11.5. The van der Waals surface area contributed by atoms with E-state index in [9.17, 15) is 4.79 Å². The van der Waals surface area contributed by atoms with Gasteiger partial charge >= 0.3 is 5.97 Å². The molecule has 1 heterocycles. The fourth-order valence-electron chi connectivity index (χ4n) is 3.44. The Morgan fingerprint density at radius 2 is 1.77 bits per heavy atom. The summed E-state index contributed by atoms with van der Waals surface area (Å²) in [5, 5.41) is 17.0. The molecule has 1 atom stereocenters. The van der Waals surface area contributed by atoms with E-state index in [1.165, 1.54) is 20.9 Å². The van der Waals surface area contributed by atoms with Gasteiger partial charge in [-0.3, -0.25) is 4.79 Å². The van der Waals surface area contributed by atoms with E-state index < -0.39 is 5.97 Å². The van der Waals surface area contributed by atoms with Crippen LogP contribution in [0, 0.1) is 11.3 Å². The molecule has 31 heavy (non-hydrogen) atoms. The van der Waals surface area contributed by atoms with Crippen molar-refractivity contribution >= 4 is 23.0 Å². The topological polar surface area (TPSA) is 70.4 Å². The Balaban J connectivity index is 1.53. The summed E-state index contributed by atoms with van der Waals surface area (Å²) in [6.45, 7) is 2.48. The predicted octanol–water partition coefficient (Wildman–Crippen LogP) is 6.69. The molecule has 0 aliphatic heterocycles. The van der Waals surface area contributed by atoms with Gasteiger partial charge in [-0.1, -0.05) is 37.3 Å². The van der Waals surface area contributed by atoms with Gasteiger partial charge in [0.25, 0.3) is 0 Å². The largest absolute Gasteiger partial charge is 0.493 e. The molecule has 3 rings (SSSR count). The molecule has 2 N–H and O–H groups in total. The molecule has 0 aliphatic rings. The van der Waals surface area contributed by atoms with Crippen LogP contribution in [0.4, 0.5) is 0 Å². The number of ether oxygens (including phenoxy) is 1. The number of carboxylic acids is 1. The van der Waals surface area contributed by atoms with E-state index in [1.54, 1.807) is 0 Å². The molecule has 1 aromatic heterocycles. The first-order valence-electron chi connectivity index (χ1n) is 10.7. The molecule has 0 aliphatic carbocycles. The van der Waals surface area contributed by atoms with E-state index in [4.69, 9.17) is 15.3 Å². The average molecular weight is 436 g/mol. The summed E-state index contributed by atoms with van der Waals surface area (Å²) in [4.78, 5) is 13.2. The molecule has 0 saturated carbocycles. The van der Waals surface area contributed by atoms with Gasteiger partial charge < -0.3 is 15.3 Å². The van der Waals surface area contributed by atoms with Gasteiger partial charge in [-0.05, 0) is 66.8 Å². The highest BCUT2D eigenvalue weighted by Gasteiger charge is 2.14. The summed E-state index contributed by atoms with van der Waals surface area (Å²) in [5.41, 5.74) is 3.06. The minimum absolute atomic E-state index is 0.0197. The van der Waals surface area contributed by atoms with E-state index in [0.29, 0.717) is 25.2 Å². The maximum Gasteiger partial charge on any atom is 0.303 e. The normalized spacial score (nSPS) is 11.8. The van der Waals surface area contributed by atoms with Crippen molar-refractivity contribution in [3.05, 3.63) is 77.2 Å². The number of rotatable bonds is 12. The quantitative estimate of drug-likeness (QED) is 0.312. The van der Waals surface area contributed by atoms with Crippen LogP contribution in [0.25, 0.3) is 10.4 Å². The van der Waals surface area contributed by atoms with Crippen molar-refractivity contribution in [3.63, 3.8) is 0 Å². The Kier molecular flexibility index (Phi) is 8.42. The van der Waals surface area contributed by atoms with Gasteiger partial charge in [0.15, 0.2) is 0 Å². The second kappa shape index (κ2) is 11.5. The molecule has 162 valence electrons. The molecule has 0 radical (unpaired) electrons. The van der Waals surface area contributed by atoms with Crippen LogP contribution in [0.3, 0.4) is 0 Å². The van der Waals surface area contributed by atoms with E-state index in [1.807, 2.05) is 36.5 Å². The Morgan fingerprint density at radius 1 is 1.03 bits per heavy atom. The number of carbonyl (C=O) groups is 1. The van der Waals surface area contributed by atoms with E-state index in [2.05, 4.69) is 48.5 Å². The maximum absolute atomic E-state index is 10.7. The molecule has 3 aromatic rings. The third kappa shape index (κ3) is 7.07. The van der Waals surface area contributed by atoms with Crippen LogP contribution in [0.15, 0.2) is 66.7 Å². The summed E-state index contributed by atoms with van der Waals surface area (Å²) < 4.78 is 5.93. The lowest BCUT2D eigenvalue weighted by atomic mass is 9.97. The predicted molar refractivity (Wildman–Crippen MR) is 127 cm³/mol. The van der Waals surface area contributed by atoms with E-state index >= 15 is 0 Å². The number of aliphatic carboxylic acids is 1. The summed E-state index contributed by atoms with van der Waals surface area (Å²) in [7, 11) is 0. The molecule has 0 saturated heterocycles. The Labute approximate surface area is 188 Å². The van der Waals surface area contributed by atoms with Crippen molar-refractivity contribution in [3.8, 4) is 16.2 Å². The Hall–Kier alpha value is -2.92. The molecule has 0 amide bonds. The van der Waals surface area contributed by atoms with Crippen LogP contribution in [0.5, 0.6) is 5.75 Å². The van der Waals surface area contributed by atoms with Gasteiger partial charge in [0.2, 0.25) is 0 Å². The van der Waals surface area contributed by atoms with E-state index in [-0.39, 0.29) is 12.3 Å². The number of hydrogen-bond acceptors (Lipinski definition) is 4. The minimum atomic E-state index is -0.810. The third-order valence-corrected chi connectivity index (χ3v) is 6.43. The molecule has 2 aromatic carbocycles. The monoisotopic (exact) mass is 435 g/mol. The zero-order chi connectivity index (χ0) is 22.1. The highest BCUT2D eigenvalue weighted by molar-refractivity contribution is 7.15. The van der Waals surface area contributed by atoms with Gasteiger partial charge in [-0.2, -0.15) is 0 Å². The van der Waals surface area contributed by atoms with Crippen molar-refractivity contribution in [2.45, 2.75) is 39.0 Å². The van der Waals surface area contributed by atoms with Crippen LogP contribution in [-0.4, -0.2) is 23.4 Å². The van der Waals surface area contributed by atoms with Crippen molar-refractivity contribution in [2.24, 2.45) is 5.92 Å². The van der Waals surface area contributed by atoms with Gasteiger partial charge in [-0.25, -0.2) is 0 Å². The fraction of sp³-hybridized carbons (Fsp3) is 0.308. The molecule has 4 nitrogen and oxygen atoms in total. The zero-order valence-corrected chi connectivity index (χ0v) is 18.7. The Morgan fingerprint density at radius 3 is 2.45 bits per heavy atom. The second-order valence-corrected chi connectivity index (χ2v) is 8.81. The van der Waals surface area contributed by atoms with Crippen LogP contribution >= 0.6 is 11.3 Å². The highest BCUT2D eigenvalue weighted by atomic mass is 32.1. The zero-order valence-electron chi connectivity index (χ0n) is 17.8. The summed E-state index contributed by atoms with van der Waals surface area (Å²) >= 11 is 1.81. The maximum atomic E-state index is 10.7. The first-order chi connectivity index (χ1) is 15.0. The molecule has 0 fully saturated rings. The first kappa shape index (κ1) is 22.8. The lowest BCUT2D eigenvalue weighted by Crippen LogP contribution is -2.20. The standard InChI is InChI=1S/C26H29NO3S/c1-2-20(24(27)9-6-10-26(28)29)18-30-22-13-11-21(12-14-22)25-16-15-23(31-25)17-19-7-4-3-5-8-19/h3-5,7-8,11-16,20,27H,2,6,9-10,17-18H2,1H3,(H,28,29)/t20-/m0/s1. The minimum Gasteiger partial charge on any atom is -0.493 e. The number of carboxylic acid groups (broad SMARTS) is 1. The van der Waals surface area contributed by atoms with Gasteiger partial charge in [0.1, 0.15) is 5.75 Å². The number of nitrogens with one attached hydrogen (secondary N) is 1. The van der Waals surface area contributed by atoms with E-state index in [0.717, 1.165) is 18.6 Å². The van der Waals surface area contributed by atoms with Crippen LogP contribution in [-0.2, 0) is 11.2 Å². The van der Waals surface area contributed by atoms with Crippen molar-refractivity contribution < 1.29 is 14.6 Å². The molecular formula is C26H29NO3S. The summed E-state index contributed by atoms with van der Waals surface area (Å²) in [5.74, 6) is 0.00280.